The third-order valence-corrected chi connectivity index (χ3v) is 8.15. The third kappa shape index (κ3) is 26.1. The van der Waals surface area contributed by atoms with Crippen LogP contribution in [-0.4, -0.2) is 155 Å². The Labute approximate surface area is 399 Å². The standard InChI is InChI=1S/C16H23N3O3.C11H13NO3.C7H16N2O2.C4H6O4.C2H3BO2.ClH.Na/c1-3-13-5-4-12(15(17-13)16-21-8-9-22-16)10-19-7-6-18(2)11-14(19)20;1-2-9-4-3-8(7-13)10(12-9)11-14-5-6-15-11;1-3-11-7(10)6-9(2)5-4-8;1-3(5)7-8-4(2)6;1-2(4)5-3;;/h4-5,16H,3,6-11H2,1-2H3;3-4,7,11H,2,5-6H2,1H3;3-6,8H2,1-2H3;1-2H3;1H3;1H;/q;;;;-1;;+1. The summed E-state index contributed by atoms with van der Waals surface area (Å²) in [7, 11) is 8.13. The number of hydrogen-bond acceptors (Lipinski definition) is 19. The molecule has 0 unspecified atom stereocenters. The fourth-order valence-electron chi connectivity index (χ4n) is 5.17. The number of esters is 1. The third-order valence-electron chi connectivity index (χ3n) is 8.15. The second kappa shape index (κ2) is 35.7. The number of aryl methyl sites for hydroxylation is 2. The summed E-state index contributed by atoms with van der Waals surface area (Å²) >= 11 is 0. The summed E-state index contributed by atoms with van der Waals surface area (Å²) in [5.74, 6) is -1.78. The van der Waals surface area contributed by atoms with Crippen molar-refractivity contribution < 1.29 is 96.4 Å². The number of pyridine rings is 2. The van der Waals surface area contributed by atoms with Crippen LogP contribution in [0.1, 0.15) is 92.8 Å². The van der Waals surface area contributed by atoms with Gasteiger partial charge in [-0.25, -0.2) is 19.4 Å². The molecule has 5 heterocycles. The fourth-order valence-corrected chi connectivity index (χ4v) is 5.17. The van der Waals surface area contributed by atoms with E-state index < -0.39 is 30.5 Å². The molecule has 23 heteroatoms. The maximum Gasteiger partial charge on any atom is 1.00 e. The zero-order valence-electron chi connectivity index (χ0n) is 38.0. The Morgan fingerprint density at radius 3 is 1.78 bits per heavy atom. The van der Waals surface area contributed by atoms with Gasteiger partial charge in [0.1, 0.15) is 11.4 Å². The number of nitrogens with zero attached hydrogens (tertiary/aromatic N) is 5. The van der Waals surface area contributed by atoms with Crippen LogP contribution in [0.2, 0.25) is 0 Å². The van der Waals surface area contributed by atoms with Crippen molar-refractivity contribution >= 4 is 56.5 Å². The molecule has 347 valence electrons. The summed E-state index contributed by atoms with van der Waals surface area (Å²) < 4.78 is 30.3. The Hall–Kier alpha value is -3.61. The van der Waals surface area contributed by atoms with Crippen LogP contribution in [0.25, 0.3) is 0 Å². The van der Waals surface area contributed by atoms with E-state index in [2.05, 4.69) is 45.4 Å². The maximum absolute atomic E-state index is 12.2. The molecule has 3 radical (unpaired) electrons. The number of rotatable bonds is 12. The quantitative estimate of drug-likeness (QED) is 0.0883. The van der Waals surface area contributed by atoms with Crippen molar-refractivity contribution in [1.29, 1.82) is 0 Å². The van der Waals surface area contributed by atoms with E-state index in [-0.39, 0.29) is 53.8 Å². The maximum atomic E-state index is 12.2. The van der Waals surface area contributed by atoms with Gasteiger partial charge in [0.2, 0.25) is 24.5 Å². The minimum Gasteiger partial charge on any atom is -0.793 e. The van der Waals surface area contributed by atoms with Gasteiger partial charge in [-0.05, 0) is 57.6 Å². The number of amides is 1. The summed E-state index contributed by atoms with van der Waals surface area (Å²) in [6.07, 6.45) is 1.61. The SMILES string of the molecule is CC(=O)OOC(C)=O.CCOC(=O)CN(C)CCN.CCc1ccc(C=O)c(C2OCCO2)n1.CCc1ccc(CN2CCN(C)CC2=O)c(C2OCCO2)n1.Cl.[B-]OC(C)=O.[Na+]. The number of nitrogens with two attached hydrogens (primary N) is 1. The van der Waals surface area contributed by atoms with E-state index in [1.54, 1.807) is 13.0 Å². The molecule has 3 aliphatic rings. The number of hydrogen-bond donors (Lipinski definition) is 1. The zero-order chi connectivity index (χ0) is 45.7. The van der Waals surface area contributed by atoms with Crippen LogP contribution in [-0.2, 0) is 81.5 Å². The first-order valence-electron chi connectivity index (χ1n) is 19.8. The molecular weight excluding hydrogens is 858 g/mol. The Balaban J connectivity index is 0. The van der Waals surface area contributed by atoms with Gasteiger partial charge in [-0.15, -0.1) is 12.4 Å². The molecule has 0 atom stereocenters. The van der Waals surface area contributed by atoms with Gasteiger partial charge in [-0.2, -0.15) is 0 Å². The zero-order valence-corrected chi connectivity index (χ0v) is 40.8. The van der Waals surface area contributed by atoms with E-state index >= 15 is 0 Å². The molecule has 3 saturated heterocycles. The molecule has 20 nitrogen and oxygen atoms in total. The second-order valence-corrected chi connectivity index (χ2v) is 13.2. The number of halogens is 1. The van der Waals surface area contributed by atoms with Crippen molar-refractivity contribution in [3.05, 3.63) is 58.2 Å². The van der Waals surface area contributed by atoms with Crippen LogP contribution in [0.15, 0.2) is 24.3 Å². The van der Waals surface area contributed by atoms with Gasteiger partial charge in [0.25, 0.3) is 0 Å². The van der Waals surface area contributed by atoms with Crippen molar-refractivity contribution in [2.75, 3.05) is 86.4 Å². The molecule has 2 aromatic heterocycles. The van der Waals surface area contributed by atoms with E-state index in [0.29, 0.717) is 70.5 Å². The van der Waals surface area contributed by atoms with Crippen LogP contribution >= 0.6 is 12.4 Å². The number of aromatic nitrogens is 2. The van der Waals surface area contributed by atoms with Crippen molar-refractivity contribution in [2.45, 2.75) is 73.5 Å². The van der Waals surface area contributed by atoms with Crippen molar-refractivity contribution in [3.63, 3.8) is 0 Å². The average Bonchev–Trinajstić information content (AvgIpc) is 3.98. The van der Waals surface area contributed by atoms with Gasteiger partial charge in [-0.1, -0.05) is 19.9 Å². The van der Waals surface area contributed by atoms with Crippen LogP contribution in [0.3, 0.4) is 0 Å². The number of ether oxygens (including phenoxy) is 5. The molecule has 0 aromatic carbocycles. The van der Waals surface area contributed by atoms with Crippen molar-refractivity contribution in [3.8, 4) is 0 Å². The van der Waals surface area contributed by atoms with Gasteiger partial charge in [0.15, 0.2) is 6.29 Å². The van der Waals surface area contributed by atoms with Gasteiger partial charge in [0.05, 0.1) is 46.1 Å². The largest absolute Gasteiger partial charge is 1.00 e. The summed E-state index contributed by atoms with van der Waals surface area (Å²) in [5.41, 5.74) is 10.2. The van der Waals surface area contributed by atoms with Gasteiger partial charge < -0.3 is 47.0 Å². The molecule has 0 aliphatic carbocycles. The van der Waals surface area contributed by atoms with Crippen molar-refractivity contribution in [2.24, 2.45) is 5.73 Å². The molecule has 3 fully saturated rings. The first-order valence-corrected chi connectivity index (χ1v) is 19.8. The van der Waals surface area contributed by atoms with E-state index in [0.717, 1.165) is 75.3 Å². The summed E-state index contributed by atoms with van der Waals surface area (Å²) in [6, 6.07) is 7.69. The number of carbonyl (C=O) groups is 6. The number of aldehydes is 1. The Morgan fingerprint density at radius 2 is 1.35 bits per heavy atom. The average molecular weight is 920 g/mol. The minimum absolute atomic E-state index is 0. The molecular formula is C40H62BClN6NaO14. The minimum atomic E-state index is -0.639. The number of piperazine rings is 1. The molecule has 0 bridgehead atoms. The number of likely N-dealkylation sites (N-methyl/N-ethyl adjacent to an activating group) is 2. The van der Waals surface area contributed by atoms with E-state index in [4.69, 9.17) is 29.4 Å². The molecule has 3 aliphatic heterocycles. The number of carbonyl (C=O) groups excluding carboxylic acids is 6. The molecule has 0 spiro atoms. The van der Waals surface area contributed by atoms with Crippen LogP contribution in [0.4, 0.5) is 0 Å². The smallest absolute Gasteiger partial charge is 0.793 e. The molecule has 63 heavy (non-hydrogen) atoms. The Kier molecular flexibility index (Phi) is 34.8. The summed E-state index contributed by atoms with van der Waals surface area (Å²) in [4.78, 5) is 85.4. The summed E-state index contributed by atoms with van der Waals surface area (Å²) in [5, 5.41) is 0. The predicted molar refractivity (Wildman–Crippen MR) is 226 cm³/mol. The first-order chi connectivity index (χ1) is 29.1. The first kappa shape index (κ1) is 61.5. The monoisotopic (exact) mass is 919 g/mol. The van der Waals surface area contributed by atoms with Crippen molar-refractivity contribution in [1.82, 2.24) is 24.7 Å². The molecule has 5 rings (SSSR count). The molecule has 0 saturated carbocycles. The van der Waals surface area contributed by atoms with Gasteiger partial charge in [0, 0.05) is 70.4 Å². The van der Waals surface area contributed by atoms with Crippen LogP contribution in [0.5, 0.6) is 0 Å². The van der Waals surface area contributed by atoms with Gasteiger partial charge in [-0.3, -0.25) is 38.9 Å². The van der Waals surface area contributed by atoms with Crippen LogP contribution < -0.4 is 35.3 Å². The fraction of sp³-hybridized carbons (Fsp3) is 0.600. The topological polar surface area (TPSA) is 238 Å². The molecule has 2 N–H and O–H groups in total. The Bertz CT molecular complexity index is 1660. The van der Waals surface area contributed by atoms with E-state index in [1.165, 1.54) is 6.92 Å². The predicted octanol–water partition coefficient (Wildman–Crippen LogP) is -1.01. The Morgan fingerprint density at radius 1 is 0.857 bits per heavy atom. The summed E-state index contributed by atoms with van der Waals surface area (Å²) in [6.45, 7) is 16.5. The van der Waals surface area contributed by atoms with E-state index in [9.17, 15) is 28.8 Å². The second-order valence-electron chi connectivity index (χ2n) is 13.2. The van der Waals surface area contributed by atoms with Crippen LogP contribution in [0, 0.1) is 0 Å². The van der Waals surface area contributed by atoms with Gasteiger partial charge >= 0.3 is 47.5 Å². The molecule has 2 aromatic rings. The van der Waals surface area contributed by atoms with E-state index in [1.807, 2.05) is 47.9 Å². The normalized spacial score (nSPS) is 14.6. The molecule has 1 amide bonds.